The summed E-state index contributed by atoms with van der Waals surface area (Å²) >= 11 is 6.62. The van der Waals surface area contributed by atoms with Gasteiger partial charge in [-0.25, -0.2) is 0 Å². The van der Waals surface area contributed by atoms with Crippen LogP contribution in [0.1, 0.15) is 83.6 Å². The van der Waals surface area contributed by atoms with E-state index in [0.29, 0.717) is 16.3 Å². The van der Waals surface area contributed by atoms with Gasteiger partial charge in [0.1, 0.15) is 0 Å². The highest BCUT2D eigenvalue weighted by Crippen LogP contribution is 2.58. The number of aromatic hydroxyl groups is 5. The van der Waals surface area contributed by atoms with Crippen molar-refractivity contribution in [3.05, 3.63) is 81.9 Å². The van der Waals surface area contributed by atoms with Gasteiger partial charge in [-0.2, -0.15) is 0 Å². The Hall–Kier alpha value is -4.03. The molecule has 0 bridgehead atoms. The van der Waals surface area contributed by atoms with Crippen molar-refractivity contribution in [1.29, 1.82) is 0 Å². The van der Waals surface area contributed by atoms with Crippen molar-refractivity contribution in [3.8, 4) is 39.9 Å². The van der Waals surface area contributed by atoms with Gasteiger partial charge in [0.15, 0.2) is 11.5 Å². The van der Waals surface area contributed by atoms with E-state index >= 15 is 0 Å². The number of anilines is 3. The van der Waals surface area contributed by atoms with Gasteiger partial charge in [0.2, 0.25) is 17.2 Å². The van der Waals surface area contributed by atoms with Gasteiger partial charge in [0.05, 0.1) is 11.3 Å². The third-order valence-electron chi connectivity index (χ3n) is 9.12. The monoisotopic (exact) mass is 615 g/mol. The lowest BCUT2D eigenvalue weighted by molar-refractivity contribution is 0.330. The number of halogens is 1. The summed E-state index contributed by atoms with van der Waals surface area (Å²) < 4.78 is 0. The Morgan fingerprint density at radius 3 is 1.80 bits per heavy atom. The van der Waals surface area contributed by atoms with E-state index in [-0.39, 0.29) is 21.8 Å². The highest BCUT2D eigenvalue weighted by Gasteiger charge is 2.38. The number of phenols is 5. The Labute approximate surface area is 264 Å². The lowest BCUT2D eigenvalue weighted by atomic mass is 9.63. The van der Waals surface area contributed by atoms with E-state index in [2.05, 4.69) is 45.9 Å². The van der Waals surface area contributed by atoms with Gasteiger partial charge in [-0.15, -0.1) is 0 Å². The van der Waals surface area contributed by atoms with E-state index in [1.54, 1.807) is 0 Å². The predicted molar refractivity (Wildman–Crippen MR) is 179 cm³/mol. The smallest absolute Gasteiger partial charge is 0.208 e. The average Bonchev–Trinajstić information content (AvgIpc) is 2.93. The minimum absolute atomic E-state index is 0.0129. The third kappa shape index (κ3) is 5.30. The fraction of sp³-hybridized carbons (Fsp3) is 0.351. The second-order valence-corrected chi connectivity index (χ2v) is 14.9. The molecule has 4 aromatic rings. The molecule has 0 aliphatic heterocycles. The van der Waals surface area contributed by atoms with Crippen LogP contribution in [0.4, 0.5) is 17.1 Å². The Kier molecular flexibility index (Phi) is 7.53. The van der Waals surface area contributed by atoms with Crippen LogP contribution in [-0.4, -0.2) is 25.5 Å². The molecule has 0 spiro atoms. The van der Waals surface area contributed by atoms with Gasteiger partial charge in [-0.1, -0.05) is 72.2 Å². The molecule has 1 aliphatic carbocycles. The van der Waals surface area contributed by atoms with Gasteiger partial charge in [-0.05, 0) is 101 Å². The van der Waals surface area contributed by atoms with Crippen LogP contribution in [0, 0.1) is 6.92 Å². The third-order valence-corrected chi connectivity index (χ3v) is 9.34. The fourth-order valence-electron chi connectivity index (χ4n) is 6.33. The van der Waals surface area contributed by atoms with Crippen molar-refractivity contribution in [1.82, 2.24) is 0 Å². The quantitative estimate of drug-likeness (QED) is 0.116. The normalized spacial score (nSPS) is 15.6. The molecule has 7 heteroatoms. The number of hydrogen-bond acceptors (Lipinski definition) is 6. The Morgan fingerprint density at radius 2 is 1.23 bits per heavy atom. The second-order valence-electron chi connectivity index (χ2n) is 14.4. The Morgan fingerprint density at radius 1 is 0.659 bits per heavy atom. The summed E-state index contributed by atoms with van der Waals surface area (Å²) in [6, 6.07) is 17.9. The van der Waals surface area contributed by atoms with E-state index in [9.17, 15) is 25.5 Å². The maximum absolute atomic E-state index is 11.1. The first-order valence-corrected chi connectivity index (χ1v) is 15.3. The van der Waals surface area contributed by atoms with Gasteiger partial charge < -0.3 is 30.4 Å². The molecule has 0 saturated heterocycles. The molecular weight excluding hydrogens is 574 g/mol. The molecular formula is C37H42ClNO5. The van der Waals surface area contributed by atoms with Crippen molar-refractivity contribution in [2.45, 2.75) is 84.5 Å². The molecule has 6 nitrogen and oxygen atoms in total. The van der Waals surface area contributed by atoms with Crippen molar-refractivity contribution in [2.24, 2.45) is 0 Å². The summed E-state index contributed by atoms with van der Waals surface area (Å²) in [6.45, 7) is 17.2. The molecule has 44 heavy (non-hydrogen) atoms. The van der Waals surface area contributed by atoms with E-state index in [1.165, 1.54) is 11.1 Å². The topological polar surface area (TPSA) is 104 Å². The molecule has 1 aliphatic rings. The summed E-state index contributed by atoms with van der Waals surface area (Å²) in [4.78, 5) is 2.01. The lowest BCUT2D eigenvalue weighted by Gasteiger charge is -2.42. The molecule has 0 atom stereocenters. The molecule has 0 amide bonds. The first-order chi connectivity index (χ1) is 20.3. The van der Waals surface area contributed by atoms with E-state index in [0.717, 1.165) is 35.3 Å². The zero-order valence-electron chi connectivity index (χ0n) is 26.7. The molecule has 4 aromatic carbocycles. The number of benzene rings is 4. The standard InChI is InChI=1S/C37H42ClNO5/c1-20-15-22(38)18-24(16-20)39(23-10-11-26-27(19-23)37(7,8)14-13-36(26,5)6)28-12-9-21(35(2,3)4)17-25(28)29-30(40)32(42)34(44)33(43)31(29)41/h9-12,15-19,40-44H,13-14H2,1-8H3. The Balaban J connectivity index is 1.90. The molecule has 0 heterocycles. The molecule has 5 N–H and O–H groups in total. The predicted octanol–water partition coefficient (Wildman–Crippen LogP) is 9.96. The van der Waals surface area contributed by atoms with E-state index < -0.39 is 28.7 Å². The Bertz CT molecular complexity index is 1730. The zero-order valence-corrected chi connectivity index (χ0v) is 27.4. The number of hydrogen-bond donors (Lipinski definition) is 5. The first kappa shape index (κ1) is 31.4. The summed E-state index contributed by atoms with van der Waals surface area (Å²) in [5.41, 5.74) is 6.27. The largest absolute Gasteiger partial charge is 0.504 e. The minimum Gasteiger partial charge on any atom is -0.504 e. The molecule has 232 valence electrons. The molecule has 0 saturated carbocycles. The van der Waals surface area contributed by atoms with Crippen molar-refractivity contribution < 1.29 is 25.5 Å². The van der Waals surface area contributed by atoms with Gasteiger partial charge in [0, 0.05) is 22.0 Å². The number of rotatable bonds is 4. The van der Waals surface area contributed by atoms with Crippen LogP contribution < -0.4 is 4.90 Å². The van der Waals surface area contributed by atoms with Crippen LogP contribution >= 0.6 is 11.6 Å². The van der Waals surface area contributed by atoms with E-state index in [4.69, 9.17) is 11.6 Å². The highest BCUT2D eigenvalue weighted by atomic mass is 35.5. The van der Waals surface area contributed by atoms with Crippen molar-refractivity contribution >= 4 is 28.7 Å². The molecule has 0 aromatic heterocycles. The lowest BCUT2D eigenvalue weighted by Crippen LogP contribution is -2.34. The number of fused-ring (bicyclic) bond motifs is 1. The summed E-state index contributed by atoms with van der Waals surface area (Å²) in [5.74, 6) is -4.35. The molecule has 0 fully saturated rings. The summed E-state index contributed by atoms with van der Waals surface area (Å²) in [5, 5.41) is 54.1. The average molecular weight is 616 g/mol. The van der Waals surface area contributed by atoms with Crippen molar-refractivity contribution in [3.63, 3.8) is 0 Å². The molecule has 5 rings (SSSR count). The van der Waals surface area contributed by atoms with Gasteiger partial charge in [-0.3, -0.25) is 0 Å². The first-order valence-electron chi connectivity index (χ1n) is 14.9. The second kappa shape index (κ2) is 10.6. The van der Waals surface area contributed by atoms with Crippen LogP contribution in [0.25, 0.3) is 11.1 Å². The fourth-order valence-corrected chi connectivity index (χ4v) is 6.61. The minimum atomic E-state index is -1.00. The zero-order chi connectivity index (χ0) is 32.5. The van der Waals surface area contributed by atoms with Crippen LogP contribution in [0.15, 0.2) is 54.6 Å². The maximum atomic E-state index is 11.1. The van der Waals surface area contributed by atoms with Crippen LogP contribution in [-0.2, 0) is 16.2 Å². The summed E-state index contributed by atoms with van der Waals surface area (Å²) in [6.07, 6.45) is 2.11. The number of phenolic OH excluding ortho intramolecular Hbond substituents is 5. The van der Waals surface area contributed by atoms with Crippen LogP contribution in [0.3, 0.4) is 0 Å². The van der Waals surface area contributed by atoms with Crippen LogP contribution in [0.5, 0.6) is 28.7 Å². The number of nitrogens with zero attached hydrogens (tertiary/aromatic N) is 1. The van der Waals surface area contributed by atoms with Gasteiger partial charge in [0.25, 0.3) is 0 Å². The van der Waals surface area contributed by atoms with E-state index in [1.807, 2.05) is 69.0 Å². The molecule has 0 radical (unpaired) electrons. The van der Waals surface area contributed by atoms with Crippen molar-refractivity contribution in [2.75, 3.05) is 4.90 Å². The molecule has 0 unspecified atom stereocenters. The SMILES string of the molecule is Cc1cc(Cl)cc(N(c2ccc3c(c2)C(C)(C)CCC3(C)C)c2ccc(C(C)(C)C)cc2-c2c(O)c(O)c(O)c(O)c2O)c1. The summed E-state index contributed by atoms with van der Waals surface area (Å²) in [7, 11) is 0. The maximum Gasteiger partial charge on any atom is 0.208 e. The van der Waals surface area contributed by atoms with Crippen LogP contribution in [0.2, 0.25) is 5.02 Å². The number of aryl methyl sites for hydroxylation is 1. The highest BCUT2D eigenvalue weighted by molar-refractivity contribution is 6.31. The van der Waals surface area contributed by atoms with Gasteiger partial charge >= 0.3 is 0 Å².